The van der Waals surface area contributed by atoms with Gasteiger partial charge in [-0.3, -0.25) is 0 Å². The predicted molar refractivity (Wildman–Crippen MR) is 68.1 cm³/mol. The molecule has 0 aliphatic heterocycles. The first kappa shape index (κ1) is 11.5. The number of hydrogen-bond donors (Lipinski definition) is 0. The molecule has 0 saturated carbocycles. The molecule has 15 heavy (non-hydrogen) atoms. The number of aryl methyl sites for hydroxylation is 2. The molecule has 0 N–H and O–H groups in total. The van der Waals surface area contributed by atoms with Crippen molar-refractivity contribution in [1.29, 1.82) is 0 Å². The fraction of sp³-hybridized carbons (Fsp3) is 0.200. The number of rotatable bonds is 1. The SMILES string of the molecule is C.Cc1cc(C)cc(-c2ccccc2)c1. The van der Waals surface area contributed by atoms with Crippen LogP contribution in [-0.2, 0) is 0 Å². The summed E-state index contributed by atoms with van der Waals surface area (Å²) in [4.78, 5) is 0. The molecule has 0 nitrogen and oxygen atoms in total. The Balaban J connectivity index is 0.00000112. The molecule has 0 unspecified atom stereocenters. The van der Waals surface area contributed by atoms with E-state index in [-0.39, 0.29) is 7.43 Å². The summed E-state index contributed by atoms with van der Waals surface area (Å²) in [6.07, 6.45) is 0. The van der Waals surface area contributed by atoms with E-state index >= 15 is 0 Å². The van der Waals surface area contributed by atoms with Crippen molar-refractivity contribution in [1.82, 2.24) is 0 Å². The van der Waals surface area contributed by atoms with Gasteiger partial charge in [-0.25, -0.2) is 0 Å². The van der Waals surface area contributed by atoms with Crippen LogP contribution in [0, 0.1) is 13.8 Å². The summed E-state index contributed by atoms with van der Waals surface area (Å²) in [5.74, 6) is 0. The first-order valence-corrected chi connectivity index (χ1v) is 4.89. The van der Waals surface area contributed by atoms with Gasteiger partial charge in [-0.05, 0) is 25.0 Å². The van der Waals surface area contributed by atoms with Gasteiger partial charge in [0.05, 0.1) is 0 Å². The maximum absolute atomic E-state index is 2.22. The first-order chi connectivity index (χ1) is 6.75. The van der Waals surface area contributed by atoms with Crippen molar-refractivity contribution in [3.05, 3.63) is 59.7 Å². The topological polar surface area (TPSA) is 0 Å². The predicted octanol–water partition coefficient (Wildman–Crippen LogP) is 4.61. The lowest BCUT2D eigenvalue weighted by Gasteiger charge is -2.04. The highest BCUT2D eigenvalue weighted by atomic mass is 14.0. The average molecular weight is 198 g/mol. The molecule has 0 aliphatic carbocycles. The van der Waals surface area contributed by atoms with E-state index in [0.29, 0.717) is 0 Å². The Morgan fingerprint density at radius 1 is 0.667 bits per heavy atom. The van der Waals surface area contributed by atoms with Crippen LogP contribution < -0.4 is 0 Å². The lowest BCUT2D eigenvalue weighted by atomic mass is 10.0. The molecule has 0 aromatic heterocycles. The Bertz CT molecular complexity index is 407. The van der Waals surface area contributed by atoms with Crippen molar-refractivity contribution in [2.75, 3.05) is 0 Å². The van der Waals surface area contributed by atoms with Crippen LogP contribution in [-0.4, -0.2) is 0 Å². The molecule has 0 amide bonds. The Hall–Kier alpha value is -1.56. The second kappa shape index (κ2) is 4.79. The minimum Gasteiger partial charge on any atom is -0.0776 e. The quantitative estimate of drug-likeness (QED) is 0.628. The van der Waals surface area contributed by atoms with E-state index in [2.05, 4.69) is 56.3 Å². The van der Waals surface area contributed by atoms with Crippen molar-refractivity contribution in [3.63, 3.8) is 0 Å². The van der Waals surface area contributed by atoms with Gasteiger partial charge in [0.15, 0.2) is 0 Å². The number of benzene rings is 2. The van der Waals surface area contributed by atoms with Crippen LogP contribution in [0.3, 0.4) is 0 Å². The van der Waals surface area contributed by atoms with E-state index in [0.717, 1.165) is 0 Å². The van der Waals surface area contributed by atoms with Crippen molar-refractivity contribution in [3.8, 4) is 11.1 Å². The molecule has 0 radical (unpaired) electrons. The Kier molecular flexibility index (Phi) is 3.68. The highest BCUT2D eigenvalue weighted by Crippen LogP contribution is 2.21. The zero-order chi connectivity index (χ0) is 9.97. The minimum atomic E-state index is 0. The van der Waals surface area contributed by atoms with Gasteiger partial charge in [0.25, 0.3) is 0 Å². The zero-order valence-corrected chi connectivity index (χ0v) is 8.62. The standard InChI is InChI=1S/C14H14.CH4/c1-11-8-12(2)10-14(9-11)13-6-4-3-5-7-13;/h3-10H,1-2H3;1H4. The molecule has 0 saturated heterocycles. The molecule has 0 aliphatic rings. The molecule has 0 heterocycles. The number of hydrogen-bond acceptors (Lipinski definition) is 0. The van der Waals surface area contributed by atoms with Gasteiger partial charge in [0.1, 0.15) is 0 Å². The van der Waals surface area contributed by atoms with Gasteiger partial charge in [-0.15, -0.1) is 0 Å². The average Bonchev–Trinajstić information content (AvgIpc) is 2.18. The second-order valence-electron chi connectivity index (χ2n) is 3.74. The summed E-state index contributed by atoms with van der Waals surface area (Å²) in [6.45, 7) is 4.28. The molecule has 0 atom stereocenters. The lowest BCUT2D eigenvalue weighted by Crippen LogP contribution is -1.81. The highest BCUT2D eigenvalue weighted by Gasteiger charge is 1.97. The third-order valence-electron chi connectivity index (χ3n) is 2.33. The maximum Gasteiger partial charge on any atom is -0.0179 e. The molecule has 0 bridgehead atoms. The van der Waals surface area contributed by atoms with Crippen molar-refractivity contribution in [2.24, 2.45) is 0 Å². The molecule has 78 valence electrons. The van der Waals surface area contributed by atoms with E-state index < -0.39 is 0 Å². The second-order valence-corrected chi connectivity index (χ2v) is 3.74. The van der Waals surface area contributed by atoms with E-state index in [1.807, 2.05) is 6.07 Å². The summed E-state index contributed by atoms with van der Waals surface area (Å²) in [5, 5.41) is 0. The largest absolute Gasteiger partial charge is 0.0776 e. The maximum atomic E-state index is 2.22. The normalized spacial score (nSPS) is 9.47. The molecule has 2 rings (SSSR count). The molecule has 0 fully saturated rings. The van der Waals surface area contributed by atoms with Gasteiger partial charge in [-0.2, -0.15) is 0 Å². The first-order valence-electron chi connectivity index (χ1n) is 4.89. The summed E-state index contributed by atoms with van der Waals surface area (Å²) in [5.41, 5.74) is 5.25. The summed E-state index contributed by atoms with van der Waals surface area (Å²) >= 11 is 0. The molecule has 0 spiro atoms. The molecule has 2 aromatic carbocycles. The van der Waals surface area contributed by atoms with E-state index in [9.17, 15) is 0 Å². The van der Waals surface area contributed by atoms with Crippen LogP contribution in [0.5, 0.6) is 0 Å². The minimum absolute atomic E-state index is 0. The third kappa shape index (κ3) is 2.69. The fourth-order valence-corrected chi connectivity index (χ4v) is 1.77. The summed E-state index contributed by atoms with van der Waals surface area (Å²) < 4.78 is 0. The Morgan fingerprint density at radius 2 is 1.20 bits per heavy atom. The zero-order valence-electron chi connectivity index (χ0n) is 8.62. The smallest absolute Gasteiger partial charge is 0.0179 e. The molecule has 0 heteroatoms. The Morgan fingerprint density at radius 3 is 1.73 bits per heavy atom. The summed E-state index contributed by atoms with van der Waals surface area (Å²) in [7, 11) is 0. The highest BCUT2D eigenvalue weighted by molar-refractivity contribution is 5.64. The van der Waals surface area contributed by atoms with Crippen LogP contribution in [0.15, 0.2) is 48.5 Å². The van der Waals surface area contributed by atoms with Gasteiger partial charge >= 0.3 is 0 Å². The molecular weight excluding hydrogens is 180 g/mol. The third-order valence-corrected chi connectivity index (χ3v) is 2.33. The Labute approximate surface area is 92.6 Å². The monoisotopic (exact) mass is 198 g/mol. The van der Waals surface area contributed by atoms with Crippen molar-refractivity contribution in [2.45, 2.75) is 21.3 Å². The fourth-order valence-electron chi connectivity index (χ4n) is 1.77. The van der Waals surface area contributed by atoms with Crippen LogP contribution in [0.4, 0.5) is 0 Å². The van der Waals surface area contributed by atoms with Gasteiger partial charge < -0.3 is 0 Å². The van der Waals surface area contributed by atoms with Gasteiger partial charge in [0.2, 0.25) is 0 Å². The van der Waals surface area contributed by atoms with Crippen LogP contribution in [0.25, 0.3) is 11.1 Å². The van der Waals surface area contributed by atoms with Crippen molar-refractivity contribution >= 4 is 0 Å². The van der Waals surface area contributed by atoms with E-state index in [1.165, 1.54) is 22.3 Å². The van der Waals surface area contributed by atoms with Gasteiger partial charge in [-0.1, -0.05) is 67.1 Å². The van der Waals surface area contributed by atoms with Crippen LogP contribution in [0.1, 0.15) is 18.6 Å². The molecule has 2 aromatic rings. The van der Waals surface area contributed by atoms with Gasteiger partial charge in [0, 0.05) is 0 Å². The molecular formula is C15H18. The van der Waals surface area contributed by atoms with Crippen LogP contribution >= 0.6 is 0 Å². The van der Waals surface area contributed by atoms with Crippen molar-refractivity contribution < 1.29 is 0 Å². The van der Waals surface area contributed by atoms with Crippen LogP contribution in [0.2, 0.25) is 0 Å². The van der Waals surface area contributed by atoms with E-state index in [1.54, 1.807) is 0 Å². The summed E-state index contributed by atoms with van der Waals surface area (Å²) in [6, 6.07) is 17.1. The van der Waals surface area contributed by atoms with E-state index in [4.69, 9.17) is 0 Å². The lowest BCUT2D eigenvalue weighted by molar-refractivity contribution is 1.38.